The minimum atomic E-state index is -0.713. The molecule has 1 atom stereocenters. The summed E-state index contributed by atoms with van der Waals surface area (Å²) in [6.07, 6.45) is 0.965. The molecule has 0 unspecified atom stereocenters. The molecule has 1 amide bonds. The molecule has 0 aliphatic rings. The summed E-state index contributed by atoms with van der Waals surface area (Å²) in [5.41, 5.74) is 2.43. The molecule has 0 fully saturated rings. The van der Waals surface area contributed by atoms with Gasteiger partial charge < -0.3 is 14.5 Å². The number of pyridine rings is 1. The number of ether oxygens (including phenoxy) is 1. The van der Waals surface area contributed by atoms with E-state index in [0.717, 1.165) is 16.8 Å². The van der Waals surface area contributed by atoms with E-state index in [-0.39, 0.29) is 5.91 Å². The highest BCUT2D eigenvalue weighted by molar-refractivity contribution is 5.88. The van der Waals surface area contributed by atoms with Gasteiger partial charge in [-0.05, 0) is 56.2 Å². The number of aromatic nitrogens is 1. The molecule has 0 aliphatic carbocycles. The van der Waals surface area contributed by atoms with Gasteiger partial charge in [0, 0.05) is 12.3 Å². The molecular formula is C20H20N2O4. The van der Waals surface area contributed by atoms with Crippen molar-refractivity contribution in [2.45, 2.75) is 33.4 Å². The van der Waals surface area contributed by atoms with Gasteiger partial charge in [-0.2, -0.15) is 0 Å². The molecule has 0 bridgehead atoms. The Bertz CT molecular complexity index is 996. The third-order valence-electron chi connectivity index (χ3n) is 3.99. The molecule has 2 heterocycles. The Labute approximate surface area is 150 Å². The van der Waals surface area contributed by atoms with Crippen molar-refractivity contribution in [1.29, 1.82) is 0 Å². The van der Waals surface area contributed by atoms with Gasteiger partial charge in [0.15, 0.2) is 6.10 Å². The van der Waals surface area contributed by atoms with Crippen molar-refractivity contribution in [3.05, 3.63) is 69.8 Å². The van der Waals surface area contributed by atoms with Crippen LogP contribution in [0, 0.1) is 13.8 Å². The predicted molar refractivity (Wildman–Crippen MR) is 98.1 cm³/mol. The van der Waals surface area contributed by atoms with Crippen molar-refractivity contribution >= 4 is 16.9 Å². The van der Waals surface area contributed by atoms with Gasteiger partial charge in [0.25, 0.3) is 5.91 Å². The van der Waals surface area contributed by atoms with E-state index in [1.54, 1.807) is 19.2 Å². The monoisotopic (exact) mass is 352 g/mol. The third-order valence-corrected chi connectivity index (χ3v) is 3.99. The van der Waals surface area contributed by atoms with Crippen LogP contribution in [0.5, 0.6) is 5.75 Å². The van der Waals surface area contributed by atoms with E-state index >= 15 is 0 Å². The second-order valence-corrected chi connectivity index (χ2v) is 6.18. The molecule has 6 nitrogen and oxygen atoms in total. The van der Waals surface area contributed by atoms with Crippen LogP contribution in [-0.4, -0.2) is 17.0 Å². The van der Waals surface area contributed by atoms with Gasteiger partial charge >= 0.3 is 5.63 Å². The van der Waals surface area contributed by atoms with E-state index < -0.39 is 11.7 Å². The quantitative estimate of drug-likeness (QED) is 0.714. The van der Waals surface area contributed by atoms with Gasteiger partial charge in [0.2, 0.25) is 0 Å². The second-order valence-electron chi connectivity index (χ2n) is 6.18. The van der Waals surface area contributed by atoms with E-state index in [1.165, 1.54) is 6.07 Å². The fraction of sp³-hybridized carbons (Fsp3) is 0.250. The van der Waals surface area contributed by atoms with Crippen LogP contribution in [0.1, 0.15) is 23.7 Å². The van der Waals surface area contributed by atoms with Crippen LogP contribution in [0.2, 0.25) is 0 Å². The molecule has 1 aromatic carbocycles. The molecule has 2 aromatic heterocycles. The van der Waals surface area contributed by atoms with E-state index in [0.29, 0.717) is 23.3 Å². The van der Waals surface area contributed by atoms with E-state index in [4.69, 9.17) is 9.15 Å². The molecule has 0 spiro atoms. The van der Waals surface area contributed by atoms with Gasteiger partial charge in [-0.3, -0.25) is 9.78 Å². The lowest BCUT2D eigenvalue weighted by Crippen LogP contribution is -2.36. The third kappa shape index (κ3) is 3.91. The maximum Gasteiger partial charge on any atom is 0.336 e. The number of amides is 1. The van der Waals surface area contributed by atoms with Gasteiger partial charge in [-0.25, -0.2) is 4.79 Å². The number of hydrogen-bond donors (Lipinski definition) is 1. The maximum absolute atomic E-state index is 12.3. The van der Waals surface area contributed by atoms with Gasteiger partial charge in [0.1, 0.15) is 11.3 Å². The van der Waals surface area contributed by atoms with Crippen LogP contribution >= 0.6 is 0 Å². The van der Waals surface area contributed by atoms with Crippen molar-refractivity contribution in [3.63, 3.8) is 0 Å². The fourth-order valence-corrected chi connectivity index (χ4v) is 2.74. The Balaban J connectivity index is 1.79. The molecule has 0 radical (unpaired) electrons. The van der Waals surface area contributed by atoms with Gasteiger partial charge in [-0.1, -0.05) is 6.07 Å². The Hall–Kier alpha value is -3.15. The zero-order chi connectivity index (χ0) is 18.7. The van der Waals surface area contributed by atoms with Crippen LogP contribution in [0.15, 0.2) is 51.8 Å². The summed E-state index contributed by atoms with van der Waals surface area (Å²) >= 11 is 0. The van der Waals surface area contributed by atoms with Crippen LogP contribution in [-0.2, 0) is 11.3 Å². The minimum absolute atomic E-state index is 0.250. The van der Waals surface area contributed by atoms with Crippen molar-refractivity contribution in [2.24, 2.45) is 0 Å². The first kappa shape index (κ1) is 17.7. The minimum Gasteiger partial charge on any atom is -0.480 e. The molecule has 0 aliphatic heterocycles. The number of rotatable bonds is 5. The Morgan fingerprint density at radius 3 is 2.81 bits per heavy atom. The van der Waals surface area contributed by atoms with Crippen LogP contribution in [0.25, 0.3) is 11.0 Å². The van der Waals surface area contributed by atoms with E-state index in [9.17, 15) is 9.59 Å². The summed E-state index contributed by atoms with van der Waals surface area (Å²) in [5.74, 6) is 0.266. The molecule has 0 saturated carbocycles. The molecule has 1 N–H and O–H groups in total. The lowest BCUT2D eigenvalue weighted by Gasteiger charge is -2.17. The number of carbonyl (C=O) groups is 1. The van der Waals surface area contributed by atoms with Crippen molar-refractivity contribution in [2.75, 3.05) is 0 Å². The topological polar surface area (TPSA) is 81.4 Å². The van der Waals surface area contributed by atoms with E-state index in [2.05, 4.69) is 10.3 Å². The lowest BCUT2D eigenvalue weighted by atomic mass is 10.1. The summed E-state index contributed by atoms with van der Waals surface area (Å²) in [4.78, 5) is 28.1. The Kier molecular flexibility index (Phi) is 5.02. The summed E-state index contributed by atoms with van der Waals surface area (Å²) in [5, 5.41) is 3.50. The number of fused-ring (bicyclic) bond motifs is 1. The highest BCUT2D eigenvalue weighted by atomic mass is 16.5. The summed E-state index contributed by atoms with van der Waals surface area (Å²) in [6.45, 7) is 5.69. The number of carbonyl (C=O) groups excluding carboxylic acids is 1. The molecule has 3 aromatic rings. The first-order chi connectivity index (χ1) is 12.4. The molecule has 3 rings (SSSR count). The maximum atomic E-state index is 12.3. The second kappa shape index (κ2) is 7.39. The number of benzene rings is 1. The number of nitrogens with zero attached hydrogens (tertiary/aromatic N) is 1. The zero-order valence-corrected chi connectivity index (χ0v) is 14.9. The summed E-state index contributed by atoms with van der Waals surface area (Å²) < 4.78 is 11.2. The highest BCUT2D eigenvalue weighted by Gasteiger charge is 2.18. The van der Waals surface area contributed by atoms with Gasteiger partial charge in [-0.15, -0.1) is 0 Å². The normalized spacial score (nSPS) is 12.0. The molecule has 26 heavy (non-hydrogen) atoms. The number of hydrogen-bond acceptors (Lipinski definition) is 5. The number of aryl methyl sites for hydroxylation is 2. The van der Waals surface area contributed by atoms with Crippen LogP contribution in [0.3, 0.4) is 0 Å². The first-order valence-electron chi connectivity index (χ1n) is 8.33. The SMILES string of the molecule is Cc1cc(O[C@H](C)C(=O)NCc2ccccn2)c2c(C)cc(=O)oc2c1. The van der Waals surface area contributed by atoms with Crippen molar-refractivity contribution in [3.8, 4) is 5.75 Å². The number of nitrogens with one attached hydrogen (secondary N) is 1. The standard InChI is InChI=1S/C20H20N2O4/c1-12-8-16(19-13(2)10-18(23)26-17(19)9-12)25-14(3)20(24)22-11-15-6-4-5-7-21-15/h4-10,14H,11H2,1-3H3,(H,22,24)/t14-/m1/s1. The summed E-state index contributed by atoms with van der Waals surface area (Å²) in [6, 6.07) is 10.5. The zero-order valence-electron chi connectivity index (χ0n) is 14.9. The fourth-order valence-electron chi connectivity index (χ4n) is 2.74. The molecule has 134 valence electrons. The lowest BCUT2D eigenvalue weighted by molar-refractivity contribution is -0.127. The average molecular weight is 352 g/mol. The predicted octanol–water partition coefficient (Wildman–Crippen LogP) is 2.89. The first-order valence-corrected chi connectivity index (χ1v) is 8.33. The van der Waals surface area contributed by atoms with E-state index in [1.807, 2.05) is 38.1 Å². The van der Waals surface area contributed by atoms with Gasteiger partial charge in [0.05, 0.1) is 17.6 Å². The van der Waals surface area contributed by atoms with Crippen LogP contribution in [0.4, 0.5) is 0 Å². The van der Waals surface area contributed by atoms with Crippen LogP contribution < -0.4 is 15.7 Å². The molecule has 6 heteroatoms. The Morgan fingerprint density at radius 1 is 1.27 bits per heavy atom. The smallest absolute Gasteiger partial charge is 0.336 e. The van der Waals surface area contributed by atoms with Crippen molar-refractivity contribution in [1.82, 2.24) is 10.3 Å². The summed E-state index contributed by atoms with van der Waals surface area (Å²) in [7, 11) is 0. The van der Waals surface area contributed by atoms with Crippen molar-refractivity contribution < 1.29 is 13.9 Å². The highest BCUT2D eigenvalue weighted by Crippen LogP contribution is 2.30. The Morgan fingerprint density at radius 2 is 2.08 bits per heavy atom. The molecular weight excluding hydrogens is 332 g/mol. The average Bonchev–Trinajstić information content (AvgIpc) is 2.59. The largest absolute Gasteiger partial charge is 0.480 e. The molecule has 0 saturated heterocycles.